The number of hydrogen-bond donors (Lipinski definition) is 2. The SMILES string of the molecule is CCNC(=NCc1ccc(OC)c(C)c1)NC1CC2CCC1O2. The number of nitrogens with zero attached hydrogens (tertiary/aromatic N) is 1. The molecule has 3 atom stereocenters. The largest absolute Gasteiger partial charge is 0.496 e. The summed E-state index contributed by atoms with van der Waals surface area (Å²) in [5, 5.41) is 6.88. The summed E-state index contributed by atoms with van der Waals surface area (Å²) in [4.78, 5) is 4.73. The second kappa shape index (κ2) is 7.21. The van der Waals surface area contributed by atoms with Crippen LogP contribution in [0.5, 0.6) is 5.75 Å². The Morgan fingerprint density at radius 1 is 1.39 bits per heavy atom. The molecular formula is C18H27N3O2. The second-order valence-electron chi connectivity index (χ2n) is 6.36. The van der Waals surface area contributed by atoms with E-state index in [-0.39, 0.29) is 0 Å². The van der Waals surface area contributed by atoms with E-state index in [1.807, 2.05) is 6.07 Å². The minimum atomic E-state index is 0.354. The highest BCUT2D eigenvalue weighted by Gasteiger charge is 2.41. The first-order valence-electron chi connectivity index (χ1n) is 8.53. The van der Waals surface area contributed by atoms with Gasteiger partial charge < -0.3 is 20.1 Å². The summed E-state index contributed by atoms with van der Waals surface area (Å²) >= 11 is 0. The Kier molecular flexibility index (Phi) is 5.06. The van der Waals surface area contributed by atoms with Crippen LogP contribution < -0.4 is 15.4 Å². The van der Waals surface area contributed by atoms with E-state index in [0.29, 0.717) is 24.8 Å². The molecule has 3 unspecified atom stereocenters. The molecule has 0 aliphatic carbocycles. The van der Waals surface area contributed by atoms with Gasteiger partial charge in [-0.15, -0.1) is 0 Å². The van der Waals surface area contributed by atoms with Crippen LogP contribution in [0.3, 0.4) is 0 Å². The van der Waals surface area contributed by atoms with E-state index in [1.54, 1.807) is 7.11 Å². The van der Waals surface area contributed by atoms with E-state index >= 15 is 0 Å². The van der Waals surface area contributed by atoms with Crippen LogP contribution in [0.15, 0.2) is 23.2 Å². The first-order chi connectivity index (χ1) is 11.2. The summed E-state index contributed by atoms with van der Waals surface area (Å²) in [5.41, 5.74) is 2.32. The van der Waals surface area contributed by atoms with E-state index in [0.717, 1.165) is 30.2 Å². The number of nitrogens with one attached hydrogen (secondary N) is 2. The zero-order valence-corrected chi connectivity index (χ0v) is 14.3. The fourth-order valence-electron chi connectivity index (χ4n) is 3.49. The lowest BCUT2D eigenvalue weighted by Crippen LogP contribution is -2.47. The van der Waals surface area contributed by atoms with E-state index in [2.05, 4.69) is 36.6 Å². The standard InChI is InChI=1S/C18H27N3O2/c1-4-19-18(21-15-10-14-6-8-17(15)23-14)20-11-13-5-7-16(22-3)12(2)9-13/h5,7,9,14-15,17H,4,6,8,10-11H2,1-3H3,(H2,19,20,21). The summed E-state index contributed by atoms with van der Waals surface area (Å²) in [6, 6.07) is 6.60. The Morgan fingerprint density at radius 3 is 2.87 bits per heavy atom. The van der Waals surface area contributed by atoms with Crippen LogP contribution in [0.25, 0.3) is 0 Å². The van der Waals surface area contributed by atoms with Gasteiger partial charge in [0.1, 0.15) is 5.75 Å². The average Bonchev–Trinajstić information content (AvgIpc) is 3.16. The van der Waals surface area contributed by atoms with Crippen molar-refractivity contribution in [2.75, 3.05) is 13.7 Å². The maximum Gasteiger partial charge on any atom is 0.191 e. The van der Waals surface area contributed by atoms with Gasteiger partial charge in [0, 0.05) is 6.54 Å². The first-order valence-corrected chi connectivity index (χ1v) is 8.53. The zero-order chi connectivity index (χ0) is 16.2. The molecule has 2 heterocycles. The Labute approximate surface area is 138 Å². The van der Waals surface area contributed by atoms with Crippen molar-refractivity contribution in [3.8, 4) is 5.75 Å². The first kappa shape index (κ1) is 16.1. The summed E-state index contributed by atoms with van der Waals surface area (Å²) < 4.78 is 11.2. The van der Waals surface area contributed by atoms with Crippen LogP contribution in [0, 0.1) is 6.92 Å². The number of benzene rings is 1. The van der Waals surface area contributed by atoms with Gasteiger partial charge >= 0.3 is 0 Å². The number of hydrogen-bond acceptors (Lipinski definition) is 3. The quantitative estimate of drug-likeness (QED) is 0.647. The predicted octanol–water partition coefficient (Wildman–Crippen LogP) is 2.38. The Morgan fingerprint density at radius 2 is 2.26 bits per heavy atom. The topological polar surface area (TPSA) is 54.9 Å². The number of methoxy groups -OCH3 is 1. The predicted molar refractivity (Wildman–Crippen MR) is 92.0 cm³/mol. The van der Waals surface area contributed by atoms with Crippen molar-refractivity contribution >= 4 is 5.96 Å². The summed E-state index contributed by atoms with van der Waals surface area (Å²) in [6.07, 6.45) is 4.27. The van der Waals surface area contributed by atoms with Gasteiger partial charge in [-0.2, -0.15) is 0 Å². The van der Waals surface area contributed by atoms with E-state index in [9.17, 15) is 0 Å². The minimum Gasteiger partial charge on any atom is -0.496 e. The third-order valence-electron chi connectivity index (χ3n) is 4.65. The molecule has 126 valence electrons. The third kappa shape index (κ3) is 3.78. The van der Waals surface area contributed by atoms with Crippen molar-refractivity contribution < 1.29 is 9.47 Å². The highest BCUT2D eigenvalue weighted by Crippen LogP contribution is 2.34. The molecular weight excluding hydrogens is 290 g/mol. The summed E-state index contributed by atoms with van der Waals surface area (Å²) in [7, 11) is 1.70. The average molecular weight is 317 g/mol. The molecule has 5 nitrogen and oxygen atoms in total. The molecule has 2 bridgehead atoms. The maximum absolute atomic E-state index is 5.91. The molecule has 1 aromatic rings. The van der Waals surface area contributed by atoms with Crippen LogP contribution >= 0.6 is 0 Å². The van der Waals surface area contributed by atoms with E-state index < -0.39 is 0 Å². The fraction of sp³-hybridized carbons (Fsp3) is 0.611. The van der Waals surface area contributed by atoms with Crippen molar-refractivity contribution in [3.63, 3.8) is 0 Å². The zero-order valence-electron chi connectivity index (χ0n) is 14.3. The van der Waals surface area contributed by atoms with Crippen molar-refractivity contribution in [1.82, 2.24) is 10.6 Å². The van der Waals surface area contributed by atoms with Crippen molar-refractivity contribution in [2.24, 2.45) is 4.99 Å². The van der Waals surface area contributed by atoms with E-state index in [4.69, 9.17) is 14.5 Å². The highest BCUT2D eigenvalue weighted by molar-refractivity contribution is 5.80. The van der Waals surface area contributed by atoms with Crippen LogP contribution in [-0.4, -0.2) is 37.9 Å². The smallest absolute Gasteiger partial charge is 0.191 e. The number of fused-ring (bicyclic) bond motifs is 2. The van der Waals surface area contributed by atoms with Crippen LogP contribution in [0.4, 0.5) is 0 Å². The molecule has 2 N–H and O–H groups in total. The fourth-order valence-corrected chi connectivity index (χ4v) is 3.49. The normalized spacial score (nSPS) is 26.4. The number of ether oxygens (including phenoxy) is 2. The Balaban J connectivity index is 1.63. The van der Waals surface area contributed by atoms with Gasteiger partial charge in [-0.1, -0.05) is 12.1 Å². The number of aliphatic imine (C=N–C) groups is 1. The molecule has 2 saturated heterocycles. The molecule has 0 aromatic heterocycles. The van der Waals surface area contributed by atoms with Gasteiger partial charge in [0.15, 0.2) is 5.96 Å². The molecule has 2 fully saturated rings. The number of aryl methyl sites for hydroxylation is 1. The minimum absolute atomic E-state index is 0.354. The maximum atomic E-state index is 5.91. The number of rotatable bonds is 5. The molecule has 1 aromatic carbocycles. The molecule has 0 saturated carbocycles. The molecule has 0 spiro atoms. The lowest BCUT2D eigenvalue weighted by atomic mass is 9.96. The molecule has 23 heavy (non-hydrogen) atoms. The van der Waals surface area contributed by atoms with Gasteiger partial charge in [-0.25, -0.2) is 4.99 Å². The Bertz CT molecular complexity index is 573. The molecule has 5 heteroatoms. The van der Waals surface area contributed by atoms with Crippen LogP contribution in [0.1, 0.15) is 37.3 Å². The van der Waals surface area contributed by atoms with E-state index in [1.165, 1.54) is 18.4 Å². The van der Waals surface area contributed by atoms with Gasteiger partial charge in [-0.05, 0) is 50.3 Å². The lowest BCUT2D eigenvalue weighted by molar-refractivity contribution is 0.0992. The molecule has 3 rings (SSSR count). The number of guanidine groups is 1. The Hall–Kier alpha value is -1.75. The van der Waals surface area contributed by atoms with Crippen molar-refractivity contribution in [3.05, 3.63) is 29.3 Å². The monoisotopic (exact) mass is 317 g/mol. The summed E-state index contributed by atoms with van der Waals surface area (Å²) in [6.45, 7) is 5.66. The van der Waals surface area contributed by atoms with Gasteiger partial charge in [-0.3, -0.25) is 0 Å². The molecule has 0 radical (unpaired) electrons. The third-order valence-corrected chi connectivity index (χ3v) is 4.65. The highest BCUT2D eigenvalue weighted by atomic mass is 16.5. The van der Waals surface area contributed by atoms with Crippen LogP contribution in [0.2, 0.25) is 0 Å². The lowest BCUT2D eigenvalue weighted by Gasteiger charge is -2.22. The van der Waals surface area contributed by atoms with Crippen molar-refractivity contribution in [2.45, 2.75) is 57.9 Å². The second-order valence-corrected chi connectivity index (χ2v) is 6.36. The van der Waals surface area contributed by atoms with Gasteiger partial charge in [0.25, 0.3) is 0 Å². The van der Waals surface area contributed by atoms with Crippen LogP contribution in [-0.2, 0) is 11.3 Å². The molecule has 0 amide bonds. The van der Waals surface area contributed by atoms with Gasteiger partial charge in [0.2, 0.25) is 0 Å². The van der Waals surface area contributed by atoms with Gasteiger partial charge in [0.05, 0.1) is 31.9 Å². The van der Waals surface area contributed by atoms with Crippen molar-refractivity contribution in [1.29, 1.82) is 0 Å². The molecule has 2 aliphatic rings. The summed E-state index contributed by atoms with van der Waals surface area (Å²) in [5.74, 6) is 1.80. The molecule has 2 aliphatic heterocycles.